The zero-order valence-electron chi connectivity index (χ0n) is 9.17. The quantitative estimate of drug-likeness (QED) is 0.653. The molecule has 0 radical (unpaired) electrons. The molecule has 1 amide bonds. The normalized spacial score (nSPS) is 12.2. The Morgan fingerprint density at radius 3 is 2.94 bits per heavy atom. The van der Waals surface area contributed by atoms with Crippen LogP contribution in [0.25, 0.3) is 0 Å². The minimum absolute atomic E-state index is 0.0651. The second-order valence-corrected chi connectivity index (χ2v) is 5.69. The maximum absolute atomic E-state index is 11.7. The summed E-state index contributed by atoms with van der Waals surface area (Å²) in [4.78, 5) is 12.2. The first-order chi connectivity index (χ1) is 7.59. The van der Waals surface area contributed by atoms with Gasteiger partial charge in [-0.05, 0) is 31.0 Å². The molecule has 0 saturated carbocycles. The molecule has 0 aliphatic rings. The fourth-order valence-electron chi connectivity index (χ4n) is 1.32. The summed E-state index contributed by atoms with van der Waals surface area (Å²) < 4.78 is 0. The molecule has 2 nitrogen and oxygen atoms in total. The number of amides is 1. The molecular formula is C12H15BrClNO. The van der Waals surface area contributed by atoms with Crippen LogP contribution < -0.4 is 5.32 Å². The SMILES string of the molecule is CC(Br)CCCNC(=O)c1cccc(Cl)c1. The van der Waals surface area contributed by atoms with E-state index < -0.39 is 0 Å². The number of nitrogens with one attached hydrogen (secondary N) is 1. The molecule has 1 N–H and O–H groups in total. The summed E-state index contributed by atoms with van der Waals surface area (Å²) in [6, 6.07) is 6.96. The smallest absolute Gasteiger partial charge is 0.251 e. The Morgan fingerprint density at radius 1 is 1.56 bits per heavy atom. The van der Waals surface area contributed by atoms with Crippen molar-refractivity contribution in [3.63, 3.8) is 0 Å². The van der Waals surface area contributed by atoms with Crippen LogP contribution in [0.3, 0.4) is 0 Å². The fourth-order valence-corrected chi connectivity index (χ4v) is 1.83. The van der Waals surface area contributed by atoms with Crippen LogP contribution >= 0.6 is 27.5 Å². The maximum Gasteiger partial charge on any atom is 0.251 e. The average molecular weight is 305 g/mol. The molecule has 16 heavy (non-hydrogen) atoms. The Labute approximate surface area is 110 Å². The number of alkyl halides is 1. The van der Waals surface area contributed by atoms with Crippen molar-refractivity contribution < 1.29 is 4.79 Å². The van der Waals surface area contributed by atoms with Crippen molar-refractivity contribution >= 4 is 33.4 Å². The molecule has 0 aromatic heterocycles. The Balaban J connectivity index is 2.35. The zero-order valence-corrected chi connectivity index (χ0v) is 11.5. The number of hydrogen-bond donors (Lipinski definition) is 1. The van der Waals surface area contributed by atoms with Crippen LogP contribution in [0.4, 0.5) is 0 Å². The summed E-state index contributed by atoms with van der Waals surface area (Å²) >= 11 is 9.27. The lowest BCUT2D eigenvalue weighted by Crippen LogP contribution is -2.24. The second kappa shape index (κ2) is 6.92. The van der Waals surface area contributed by atoms with Gasteiger partial charge in [-0.1, -0.05) is 40.5 Å². The predicted octanol–water partition coefficient (Wildman–Crippen LogP) is 3.63. The summed E-state index contributed by atoms with van der Waals surface area (Å²) in [6.07, 6.45) is 2.02. The van der Waals surface area contributed by atoms with E-state index >= 15 is 0 Å². The van der Waals surface area contributed by atoms with Crippen molar-refractivity contribution in [2.24, 2.45) is 0 Å². The van der Waals surface area contributed by atoms with E-state index in [4.69, 9.17) is 11.6 Å². The van der Waals surface area contributed by atoms with Crippen LogP contribution in [-0.2, 0) is 0 Å². The lowest BCUT2D eigenvalue weighted by molar-refractivity contribution is 0.0953. The zero-order chi connectivity index (χ0) is 12.0. The van der Waals surface area contributed by atoms with Gasteiger partial charge in [-0.2, -0.15) is 0 Å². The summed E-state index contributed by atoms with van der Waals surface area (Å²) in [6.45, 7) is 2.79. The number of carbonyl (C=O) groups is 1. The van der Waals surface area contributed by atoms with Gasteiger partial charge in [-0.15, -0.1) is 0 Å². The molecule has 0 spiro atoms. The van der Waals surface area contributed by atoms with Crippen LogP contribution in [-0.4, -0.2) is 17.3 Å². The summed E-state index contributed by atoms with van der Waals surface area (Å²) in [5.41, 5.74) is 0.611. The van der Waals surface area contributed by atoms with Crippen molar-refractivity contribution in [3.05, 3.63) is 34.9 Å². The van der Waals surface area contributed by atoms with Crippen molar-refractivity contribution in [2.45, 2.75) is 24.6 Å². The van der Waals surface area contributed by atoms with Gasteiger partial charge in [0, 0.05) is 22.0 Å². The average Bonchev–Trinajstić information content (AvgIpc) is 2.24. The van der Waals surface area contributed by atoms with Gasteiger partial charge < -0.3 is 5.32 Å². The van der Waals surface area contributed by atoms with E-state index in [-0.39, 0.29) is 5.91 Å². The van der Waals surface area contributed by atoms with E-state index in [1.54, 1.807) is 24.3 Å². The summed E-state index contributed by atoms with van der Waals surface area (Å²) in [7, 11) is 0. The topological polar surface area (TPSA) is 29.1 Å². The molecule has 88 valence electrons. The number of halogens is 2. The number of hydrogen-bond acceptors (Lipinski definition) is 1. The van der Waals surface area contributed by atoms with Crippen LogP contribution in [0.1, 0.15) is 30.1 Å². The largest absolute Gasteiger partial charge is 0.352 e. The Hall–Kier alpha value is -0.540. The minimum atomic E-state index is -0.0651. The van der Waals surface area contributed by atoms with E-state index in [1.165, 1.54) is 0 Å². The van der Waals surface area contributed by atoms with Crippen molar-refractivity contribution in [2.75, 3.05) is 6.54 Å². The van der Waals surface area contributed by atoms with Crippen LogP contribution in [0, 0.1) is 0 Å². The molecule has 1 unspecified atom stereocenters. The first kappa shape index (κ1) is 13.5. The molecule has 0 saturated heterocycles. The molecule has 0 aliphatic heterocycles. The van der Waals surface area contributed by atoms with Gasteiger partial charge in [-0.25, -0.2) is 0 Å². The molecule has 0 heterocycles. The summed E-state index contributed by atoms with van der Waals surface area (Å²) in [5, 5.41) is 3.45. The second-order valence-electron chi connectivity index (χ2n) is 3.69. The first-order valence-electron chi connectivity index (χ1n) is 5.27. The van der Waals surface area contributed by atoms with E-state index in [9.17, 15) is 4.79 Å². The number of carbonyl (C=O) groups excluding carboxylic acids is 1. The van der Waals surface area contributed by atoms with Crippen LogP contribution in [0.15, 0.2) is 24.3 Å². The predicted molar refractivity (Wildman–Crippen MR) is 71.4 cm³/mol. The summed E-state index contributed by atoms with van der Waals surface area (Å²) in [5.74, 6) is -0.0651. The van der Waals surface area contributed by atoms with E-state index in [2.05, 4.69) is 28.2 Å². The van der Waals surface area contributed by atoms with Crippen molar-refractivity contribution in [1.29, 1.82) is 0 Å². The highest BCUT2D eigenvalue weighted by Gasteiger charge is 2.04. The molecule has 0 fully saturated rings. The molecular weight excluding hydrogens is 289 g/mol. The van der Waals surface area contributed by atoms with E-state index in [0.29, 0.717) is 22.0 Å². The van der Waals surface area contributed by atoms with Crippen molar-refractivity contribution in [3.8, 4) is 0 Å². The Morgan fingerprint density at radius 2 is 2.31 bits per heavy atom. The third kappa shape index (κ3) is 4.99. The monoisotopic (exact) mass is 303 g/mol. The van der Waals surface area contributed by atoms with Gasteiger partial charge in [0.15, 0.2) is 0 Å². The standard InChI is InChI=1S/C12H15BrClNO/c1-9(13)4-3-7-15-12(16)10-5-2-6-11(14)8-10/h2,5-6,8-9H,3-4,7H2,1H3,(H,15,16). The number of rotatable bonds is 5. The molecule has 4 heteroatoms. The fraction of sp³-hybridized carbons (Fsp3) is 0.417. The molecule has 1 atom stereocenters. The minimum Gasteiger partial charge on any atom is -0.352 e. The van der Waals surface area contributed by atoms with Gasteiger partial charge in [0.1, 0.15) is 0 Å². The molecule has 1 aromatic carbocycles. The van der Waals surface area contributed by atoms with Crippen LogP contribution in [0.2, 0.25) is 5.02 Å². The first-order valence-corrected chi connectivity index (χ1v) is 6.57. The lowest BCUT2D eigenvalue weighted by Gasteiger charge is -2.06. The molecule has 0 aliphatic carbocycles. The van der Waals surface area contributed by atoms with E-state index in [1.807, 2.05) is 0 Å². The number of benzene rings is 1. The van der Waals surface area contributed by atoms with Gasteiger partial charge in [-0.3, -0.25) is 4.79 Å². The highest BCUT2D eigenvalue weighted by molar-refractivity contribution is 9.09. The molecule has 0 bridgehead atoms. The van der Waals surface area contributed by atoms with Gasteiger partial charge in [0.25, 0.3) is 5.91 Å². The van der Waals surface area contributed by atoms with Gasteiger partial charge in [0.05, 0.1) is 0 Å². The third-order valence-corrected chi connectivity index (χ3v) is 2.84. The molecule has 1 aromatic rings. The Kier molecular flexibility index (Phi) is 5.85. The van der Waals surface area contributed by atoms with Gasteiger partial charge >= 0.3 is 0 Å². The van der Waals surface area contributed by atoms with Gasteiger partial charge in [0.2, 0.25) is 0 Å². The molecule has 1 rings (SSSR count). The highest BCUT2D eigenvalue weighted by atomic mass is 79.9. The van der Waals surface area contributed by atoms with Crippen LogP contribution in [0.5, 0.6) is 0 Å². The lowest BCUT2D eigenvalue weighted by atomic mass is 10.2. The van der Waals surface area contributed by atoms with Crippen molar-refractivity contribution in [1.82, 2.24) is 5.32 Å². The Bertz CT molecular complexity index is 355. The maximum atomic E-state index is 11.7. The third-order valence-electron chi connectivity index (χ3n) is 2.15. The highest BCUT2D eigenvalue weighted by Crippen LogP contribution is 2.10. The van der Waals surface area contributed by atoms with E-state index in [0.717, 1.165) is 12.8 Å².